The van der Waals surface area contributed by atoms with Crippen LogP contribution in [0.1, 0.15) is 18.9 Å². The molecule has 8 heteroatoms. The van der Waals surface area contributed by atoms with Crippen LogP contribution < -0.4 is 14.9 Å². The predicted molar refractivity (Wildman–Crippen MR) is 80.9 cm³/mol. The smallest absolute Gasteiger partial charge is 0.245 e. The van der Waals surface area contributed by atoms with Crippen molar-refractivity contribution < 1.29 is 23.7 Å². The van der Waals surface area contributed by atoms with Gasteiger partial charge in [0.05, 0.1) is 25.8 Å². The third kappa shape index (κ3) is 3.40. The molecule has 0 atom stereocenters. The van der Waals surface area contributed by atoms with Gasteiger partial charge in [-0.05, 0) is 35.0 Å². The van der Waals surface area contributed by atoms with Crippen LogP contribution in [0.2, 0.25) is 0 Å². The molecule has 1 aromatic carbocycles. The van der Waals surface area contributed by atoms with Crippen LogP contribution >= 0.6 is 15.9 Å². The molecule has 1 fully saturated rings. The number of fused-ring (bicyclic) bond motifs is 1. The zero-order chi connectivity index (χ0) is 15.6. The number of hydrazone groups is 1. The molecule has 7 nitrogen and oxygen atoms in total. The molecule has 1 saturated heterocycles. The van der Waals surface area contributed by atoms with Crippen molar-refractivity contribution in [2.75, 3.05) is 20.0 Å². The van der Waals surface area contributed by atoms with Crippen LogP contribution in [0.5, 0.6) is 11.5 Å². The summed E-state index contributed by atoms with van der Waals surface area (Å²) in [6, 6.07) is 3.58. The van der Waals surface area contributed by atoms with Gasteiger partial charge in [-0.25, -0.2) is 5.43 Å². The van der Waals surface area contributed by atoms with E-state index in [4.69, 9.17) is 18.9 Å². The van der Waals surface area contributed by atoms with Gasteiger partial charge in [0.15, 0.2) is 17.3 Å². The van der Waals surface area contributed by atoms with Gasteiger partial charge in [-0.1, -0.05) is 0 Å². The van der Waals surface area contributed by atoms with Crippen LogP contribution in [0.15, 0.2) is 21.7 Å². The van der Waals surface area contributed by atoms with Crippen molar-refractivity contribution in [2.45, 2.75) is 19.1 Å². The van der Waals surface area contributed by atoms with Crippen molar-refractivity contribution in [1.29, 1.82) is 0 Å². The third-order valence-corrected chi connectivity index (χ3v) is 3.95. The largest absolute Gasteiger partial charge is 0.454 e. The Morgan fingerprint density at radius 2 is 2.05 bits per heavy atom. The van der Waals surface area contributed by atoms with E-state index in [2.05, 4.69) is 26.5 Å². The van der Waals surface area contributed by atoms with Crippen LogP contribution in [0.4, 0.5) is 0 Å². The van der Waals surface area contributed by atoms with E-state index in [-0.39, 0.29) is 19.1 Å². The lowest BCUT2D eigenvalue weighted by molar-refractivity contribution is -0.159. The highest BCUT2D eigenvalue weighted by Crippen LogP contribution is 2.36. The third-order valence-electron chi connectivity index (χ3n) is 3.26. The van der Waals surface area contributed by atoms with E-state index in [0.29, 0.717) is 24.7 Å². The van der Waals surface area contributed by atoms with Gasteiger partial charge in [0.2, 0.25) is 12.7 Å². The number of ether oxygens (including phenoxy) is 4. The molecule has 0 radical (unpaired) electrons. The topological polar surface area (TPSA) is 78.4 Å². The molecule has 118 valence electrons. The SMILES string of the molecule is CC1(CC(=O)N/N=C/c2cc3c(cc2Br)OCO3)OCCO1. The summed E-state index contributed by atoms with van der Waals surface area (Å²) in [7, 11) is 0. The van der Waals surface area contributed by atoms with Crippen molar-refractivity contribution in [1.82, 2.24) is 5.43 Å². The second-order valence-corrected chi connectivity index (χ2v) is 5.88. The Labute approximate surface area is 135 Å². The summed E-state index contributed by atoms with van der Waals surface area (Å²) in [5, 5.41) is 3.94. The van der Waals surface area contributed by atoms with E-state index in [9.17, 15) is 4.79 Å². The summed E-state index contributed by atoms with van der Waals surface area (Å²) < 4.78 is 22.1. The first-order valence-corrected chi connectivity index (χ1v) is 7.54. The van der Waals surface area contributed by atoms with Crippen LogP contribution in [0.25, 0.3) is 0 Å². The highest BCUT2D eigenvalue weighted by molar-refractivity contribution is 9.10. The maximum Gasteiger partial charge on any atom is 0.245 e. The van der Waals surface area contributed by atoms with Gasteiger partial charge in [0.1, 0.15) is 0 Å². The molecule has 1 amide bonds. The van der Waals surface area contributed by atoms with Crippen LogP contribution in [0, 0.1) is 0 Å². The summed E-state index contributed by atoms with van der Waals surface area (Å²) in [5.74, 6) is 0.184. The minimum Gasteiger partial charge on any atom is -0.454 e. The minimum absolute atomic E-state index is 0.0899. The Bertz CT molecular complexity index is 613. The average Bonchev–Trinajstić information content (AvgIpc) is 3.07. The van der Waals surface area contributed by atoms with Crippen molar-refractivity contribution in [3.63, 3.8) is 0 Å². The molecule has 0 bridgehead atoms. The Balaban J connectivity index is 1.59. The quantitative estimate of drug-likeness (QED) is 0.645. The molecule has 0 unspecified atom stereocenters. The fourth-order valence-corrected chi connectivity index (χ4v) is 2.62. The average molecular weight is 371 g/mol. The first-order chi connectivity index (χ1) is 10.6. The maximum atomic E-state index is 11.8. The lowest BCUT2D eigenvalue weighted by atomic mass is 10.2. The number of hydrogen-bond donors (Lipinski definition) is 1. The molecule has 0 saturated carbocycles. The van der Waals surface area contributed by atoms with Crippen molar-refractivity contribution in [3.8, 4) is 11.5 Å². The van der Waals surface area contributed by atoms with Crippen LogP contribution in [-0.2, 0) is 14.3 Å². The molecule has 1 N–H and O–H groups in total. The van der Waals surface area contributed by atoms with Gasteiger partial charge >= 0.3 is 0 Å². The molecule has 1 aromatic rings. The van der Waals surface area contributed by atoms with Crippen LogP contribution in [-0.4, -0.2) is 37.9 Å². The van der Waals surface area contributed by atoms with Gasteiger partial charge in [-0.3, -0.25) is 4.79 Å². The van der Waals surface area contributed by atoms with Crippen molar-refractivity contribution in [2.24, 2.45) is 5.10 Å². The lowest BCUT2D eigenvalue weighted by Crippen LogP contribution is -2.33. The molecular formula is C14H15BrN2O5. The second-order valence-electron chi connectivity index (χ2n) is 5.03. The van der Waals surface area contributed by atoms with Crippen LogP contribution in [0.3, 0.4) is 0 Å². The molecule has 22 heavy (non-hydrogen) atoms. The number of carbonyl (C=O) groups is 1. The maximum absolute atomic E-state index is 11.8. The summed E-state index contributed by atoms with van der Waals surface area (Å²) in [4.78, 5) is 11.8. The Kier molecular flexibility index (Phi) is 4.32. The molecule has 0 aliphatic carbocycles. The van der Waals surface area contributed by atoms with Crippen molar-refractivity contribution >= 4 is 28.1 Å². The molecule has 0 spiro atoms. The van der Waals surface area contributed by atoms with Gasteiger partial charge in [-0.15, -0.1) is 0 Å². The zero-order valence-electron chi connectivity index (χ0n) is 11.9. The molecule has 2 aliphatic rings. The molecule has 2 aliphatic heterocycles. The first kappa shape index (κ1) is 15.3. The first-order valence-electron chi connectivity index (χ1n) is 6.75. The van der Waals surface area contributed by atoms with E-state index in [1.165, 1.54) is 6.21 Å². The van der Waals surface area contributed by atoms with Gasteiger partial charge in [0.25, 0.3) is 0 Å². The number of amides is 1. The number of rotatable bonds is 4. The summed E-state index contributed by atoms with van der Waals surface area (Å²) in [6.45, 7) is 2.93. The van der Waals surface area contributed by atoms with Gasteiger partial charge in [-0.2, -0.15) is 5.10 Å². The number of hydrogen-bond acceptors (Lipinski definition) is 6. The summed E-state index contributed by atoms with van der Waals surface area (Å²) in [6.07, 6.45) is 1.62. The van der Waals surface area contributed by atoms with E-state index >= 15 is 0 Å². The van der Waals surface area contributed by atoms with Gasteiger partial charge < -0.3 is 18.9 Å². The molecular weight excluding hydrogens is 356 g/mol. The lowest BCUT2D eigenvalue weighted by Gasteiger charge is -2.20. The predicted octanol–water partition coefficient (Wildman–Crippen LogP) is 1.78. The van der Waals surface area contributed by atoms with Crippen molar-refractivity contribution in [3.05, 3.63) is 22.2 Å². The number of nitrogens with zero attached hydrogens (tertiary/aromatic N) is 1. The molecule has 3 rings (SSSR count). The normalized spacial score (nSPS) is 18.8. The second kappa shape index (κ2) is 6.23. The number of halogens is 1. The van der Waals surface area contributed by atoms with E-state index in [1.54, 1.807) is 19.1 Å². The monoisotopic (exact) mass is 370 g/mol. The van der Waals surface area contributed by atoms with E-state index in [1.807, 2.05) is 0 Å². The highest BCUT2D eigenvalue weighted by atomic mass is 79.9. The van der Waals surface area contributed by atoms with E-state index in [0.717, 1.165) is 10.0 Å². The number of benzene rings is 1. The Morgan fingerprint density at radius 1 is 1.36 bits per heavy atom. The Hall–Kier alpha value is -1.64. The molecule has 0 aromatic heterocycles. The highest BCUT2D eigenvalue weighted by Gasteiger charge is 2.33. The minimum atomic E-state index is -0.862. The van der Waals surface area contributed by atoms with E-state index < -0.39 is 5.79 Å². The van der Waals surface area contributed by atoms with Gasteiger partial charge in [0, 0.05) is 10.0 Å². The summed E-state index contributed by atoms with van der Waals surface area (Å²) >= 11 is 3.42. The number of carbonyl (C=O) groups excluding carboxylic acids is 1. The zero-order valence-corrected chi connectivity index (χ0v) is 13.5. The standard InChI is InChI=1S/C14H15BrN2O5/c1-14(21-2-3-22-14)6-13(18)17-16-7-9-4-11-12(5-10(9)15)20-8-19-11/h4-5,7H,2-3,6,8H2,1H3,(H,17,18)/b16-7+. The fraction of sp³-hybridized carbons (Fsp3) is 0.429. The number of nitrogens with one attached hydrogen (secondary N) is 1. The molecule has 2 heterocycles. The summed E-state index contributed by atoms with van der Waals surface area (Å²) in [5.41, 5.74) is 3.22. The fourth-order valence-electron chi connectivity index (χ4n) is 2.20. The Morgan fingerprint density at radius 3 is 2.77 bits per heavy atom.